The van der Waals surface area contributed by atoms with Gasteiger partial charge in [-0.2, -0.15) is 0 Å². The summed E-state index contributed by atoms with van der Waals surface area (Å²) in [5.74, 6) is 0.719. The molecule has 0 bridgehead atoms. The van der Waals surface area contributed by atoms with Crippen LogP contribution in [0.1, 0.15) is 47.1 Å². The van der Waals surface area contributed by atoms with E-state index in [0.29, 0.717) is 12.3 Å². The Kier molecular flexibility index (Phi) is 5.27. The molecule has 7 heteroatoms. The summed E-state index contributed by atoms with van der Waals surface area (Å²) in [6, 6.07) is 0. The minimum atomic E-state index is -0.502. The Labute approximate surface area is 152 Å². The van der Waals surface area contributed by atoms with Crippen molar-refractivity contribution in [3.8, 4) is 0 Å². The number of hydrogen-bond acceptors (Lipinski definition) is 5. The van der Waals surface area contributed by atoms with E-state index in [9.17, 15) is 9.59 Å². The van der Waals surface area contributed by atoms with Gasteiger partial charge in [0.05, 0.1) is 22.5 Å². The molecule has 1 saturated heterocycles. The van der Waals surface area contributed by atoms with Crippen molar-refractivity contribution in [1.29, 1.82) is 0 Å². The minimum Gasteiger partial charge on any atom is -0.340 e. The van der Waals surface area contributed by atoms with E-state index in [2.05, 4.69) is 9.88 Å². The van der Waals surface area contributed by atoms with Gasteiger partial charge in [0, 0.05) is 38.5 Å². The van der Waals surface area contributed by atoms with Crippen molar-refractivity contribution in [3.63, 3.8) is 0 Å². The fourth-order valence-corrected chi connectivity index (χ4v) is 4.41. The Morgan fingerprint density at radius 1 is 1.25 bits per heavy atom. The number of hydrogen-bond donors (Lipinski definition) is 0. The molecular formula is C17H24ClN3O2S. The molecule has 1 aliphatic carbocycles. The molecule has 5 nitrogen and oxygen atoms in total. The summed E-state index contributed by atoms with van der Waals surface area (Å²) in [7, 11) is 0. The molecule has 3 rings (SSSR count). The Bertz CT molecular complexity index is 636. The van der Waals surface area contributed by atoms with Crippen LogP contribution in [0.2, 0.25) is 0 Å². The van der Waals surface area contributed by atoms with E-state index < -0.39 is 5.41 Å². The summed E-state index contributed by atoms with van der Waals surface area (Å²) in [4.78, 5) is 34.1. The highest BCUT2D eigenvalue weighted by Crippen LogP contribution is 2.28. The molecular weight excluding hydrogens is 346 g/mol. The maximum absolute atomic E-state index is 12.5. The Morgan fingerprint density at radius 3 is 2.58 bits per heavy atom. The van der Waals surface area contributed by atoms with Gasteiger partial charge in [0.1, 0.15) is 5.01 Å². The van der Waals surface area contributed by atoms with E-state index >= 15 is 0 Å². The molecule has 1 amide bonds. The monoisotopic (exact) mass is 369 g/mol. The van der Waals surface area contributed by atoms with Crippen LogP contribution in [-0.4, -0.2) is 58.5 Å². The Hall–Kier alpha value is -0.980. The highest BCUT2D eigenvalue weighted by molar-refractivity contribution is 7.13. The summed E-state index contributed by atoms with van der Waals surface area (Å²) < 4.78 is 0. The number of thiazole rings is 1. The quantitative estimate of drug-likeness (QED) is 0.765. The lowest BCUT2D eigenvalue weighted by Crippen LogP contribution is -2.52. The molecule has 0 radical (unpaired) electrons. The van der Waals surface area contributed by atoms with E-state index in [1.54, 1.807) is 11.3 Å². The van der Waals surface area contributed by atoms with Crippen LogP contribution in [0.15, 0.2) is 0 Å². The number of carbonyl (C=O) groups is 2. The van der Waals surface area contributed by atoms with Gasteiger partial charge >= 0.3 is 0 Å². The van der Waals surface area contributed by atoms with Crippen LogP contribution in [0.25, 0.3) is 0 Å². The molecule has 1 aliphatic heterocycles. The van der Waals surface area contributed by atoms with Gasteiger partial charge in [-0.15, -0.1) is 22.9 Å². The lowest BCUT2D eigenvalue weighted by molar-refractivity contribution is -0.141. The van der Waals surface area contributed by atoms with E-state index in [4.69, 9.17) is 11.6 Å². The maximum Gasteiger partial charge on any atom is 0.229 e. The number of ketones is 1. The molecule has 0 atom stereocenters. The van der Waals surface area contributed by atoms with Gasteiger partial charge in [-0.25, -0.2) is 4.98 Å². The van der Waals surface area contributed by atoms with E-state index in [1.807, 2.05) is 18.7 Å². The van der Waals surface area contributed by atoms with Gasteiger partial charge in [0.25, 0.3) is 0 Å². The van der Waals surface area contributed by atoms with E-state index in [1.165, 1.54) is 0 Å². The maximum atomic E-state index is 12.5. The van der Waals surface area contributed by atoms with Crippen LogP contribution < -0.4 is 0 Å². The summed E-state index contributed by atoms with van der Waals surface area (Å²) in [5, 5.41) is 1.02. The number of Topliss-reactive ketones (excluding diaryl/α,β-unsaturated/α-hetero) is 1. The molecule has 0 unspecified atom stereocenters. The van der Waals surface area contributed by atoms with Crippen molar-refractivity contribution < 1.29 is 9.59 Å². The summed E-state index contributed by atoms with van der Waals surface area (Å²) in [6.07, 6.45) is 2.51. The number of fused-ring (bicyclic) bond motifs is 1. The van der Waals surface area contributed by atoms with Crippen LogP contribution in [-0.2, 0) is 17.8 Å². The molecule has 24 heavy (non-hydrogen) atoms. The van der Waals surface area contributed by atoms with E-state index in [-0.39, 0.29) is 11.7 Å². The second-order valence-electron chi connectivity index (χ2n) is 7.25. The van der Waals surface area contributed by atoms with Gasteiger partial charge < -0.3 is 4.90 Å². The smallest absolute Gasteiger partial charge is 0.229 e. The Balaban J connectivity index is 1.56. The van der Waals surface area contributed by atoms with Crippen molar-refractivity contribution in [2.24, 2.45) is 5.41 Å². The third kappa shape index (κ3) is 3.65. The molecule has 0 saturated carbocycles. The van der Waals surface area contributed by atoms with Crippen LogP contribution in [0.5, 0.6) is 0 Å². The van der Waals surface area contributed by atoms with Crippen molar-refractivity contribution in [2.45, 2.75) is 39.7 Å². The van der Waals surface area contributed by atoms with Gasteiger partial charge in [-0.3, -0.25) is 14.5 Å². The topological polar surface area (TPSA) is 53.5 Å². The predicted molar refractivity (Wildman–Crippen MR) is 95.7 cm³/mol. The molecule has 132 valence electrons. The number of aryl methyl sites for hydroxylation is 1. The zero-order valence-electron chi connectivity index (χ0n) is 14.3. The molecule has 2 aliphatic rings. The first-order chi connectivity index (χ1) is 11.4. The van der Waals surface area contributed by atoms with Crippen LogP contribution in [0, 0.1) is 5.41 Å². The third-order valence-corrected chi connectivity index (χ3v) is 6.54. The van der Waals surface area contributed by atoms with Crippen molar-refractivity contribution in [3.05, 3.63) is 15.6 Å². The first-order valence-corrected chi connectivity index (χ1v) is 9.85. The van der Waals surface area contributed by atoms with Crippen molar-refractivity contribution in [2.75, 3.05) is 32.1 Å². The second-order valence-corrected chi connectivity index (χ2v) is 8.60. The highest BCUT2D eigenvalue weighted by Gasteiger charge is 2.33. The fraction of sp³-hybridized carbons (Fsp3) is 0.706. The number of amides is 1. The molecule has 1 aromatic heterocycles. The third-order valence-electron chi connectivity index (χ3n) is 4.74. The van der Waals surface area contributed by atoms with Gasteiger partial charge in [0.15, 0.2) is 5.78 Å². The normalized spacial score (nSPS) is 19.5. The average molecular weight is 370 g/mol. The first-order valence-electron chi connectivity index (χ1n) is 8.50. The SMILES string of the molecule is CC(C)(CCl)C(=O)N1CCN(Cc2nc3c(s2)C(=O)CCC3)CC1. The number of piperazine rings is 1. The predicted octanol–water partition coefficient (Wildman–Crippen LogP) is 2.57. The number of carbonyl (C=O) groups excluding carboxylic acids is 2. The Morgan fingerprint density at radius 2 is 1.96 bits per heavy atom. The first kappa shape index (κ1) is 17.8. The molecule has 2 heterocycles. The van der Waals surface area contributed by atoms with Crippen molar-refractivity contribution in [1.82, 2.24) is 14.8 Å². The number of aromatic nitrogens is 1. The molecule has 0 N–H and O–H groups in total. The largest absolute Gasteiger partial charge is 0.340 e. The highest BCUT2D eigenvalue weighted by atomic mass is 35.5. The van der Waals surface area contributed by atoms with Gasteiger partial charge in [-0.1, -0.05) is 0 Å². The second kappa shape index (κ2) is 7.10. The molecule has 0 spiro atoms. The zero-order chi connectivity index (χ0) is 17.3. The van der Waals surface area contributed by atoms with Crippen molar-refractivity contribution >= 4 is 34.6 Å². The zero-order valence-corrected chi connectivity index (χ0v) is 15.9. The number of halogens is 1. The van der Waals surface area contributed by atoms with Gasteiger partial charge in [0.2, 0.25) is 5.91 Å². The average Bonchev–Trinajstić information content (AvgIpc) is 2.99. The van der Waals surface area contributed by atoms with E-state index in [0.717, 1.165) is 61.1 Å². The summed E-state index contributed by atoms with van der Waals surface area (Å²) in [5.41, 5.74) is 0.488. The summed E-state index contributed by atoms with van der Waals surface area (Å²) in [6.45, 7) is 7.68. The van der Waals surface area contributed by atoms with Crippen LogP contribution >= 0.6 is 22.9 Å². The van der Waals surface area contributed by atoms with Crippen LogP contribution in [0.3, 0.4) is 0 Å². The lowest BCUT2D eigenvalue weighted by atomic mass is 9.94. The number of rotatable bonds is 4. The minimum absolute atomic E-state index is 0.132. The number of nitrogens with zero attached hydrogens (tertiary/aromatic N) is 3. The molecule has 1 fully saturated rings. The molecule has 0 aromatic carbocycles. The lowest BCUT2D eigenvalue weighted by Gasteiger charge is -2.37. The van der Waals surface area contributed by atoms with Crippen LogP contribution in [0.4, 0.5) is 0 Å². The standard InChI is InChI=1S/C17H24ClN3O2S/c1-17(2,11-18)16(23)21-8-6-20(7-9-21)10-14-19-12-4-3-5-13(22)15(12)24-14/h3-11H2,1-2H3. The molecule has 1 aromatic rings. The fourth-order valence-electron chi connectivity index (χ4n) is 3.17. The summed E-state index contributed by atoms with van der Waals surface area (Å²) >= 11 is 7.46. The number of alkyl halides is 1. The van der Waals surface area contributed by atoms with Gasteiger partial charge in [-0.05, 0) is 26.7 Å².